The van der Waals surface area contributed by atoms with Crippen LogP contribution in [-0.4, -0.2) is 48.3 Å². The maximum atomic E-state index is 12.7. The minimum atomic E-state index is -3.94. The molecule has 0 unspecified atom stereocenters. The number of benzene rings is 1. The monoisotopic (exact) mass is 510 g/mol. The van der Waals surface area contributed by atoms with Crippen molar-refractivity contribution < 1.29 is 22.7 Å². The third-order valence-electron chi connectivity index (χ3n) is 3.95. The van der Waals surface area contributed by atoms with Gasteiger partial charge in [-0.1, -0.05) is 0 Å². The Hall–Kier alpha value is -3.19. The Morgan fingerprint density at radius 1 is 1.16 bits per heavy atom. The lowest BCUT2D eigenvalue weighted by molar-refractivity contribution is -0.116. The predicted molar refractivity (Wildman–Crippen MR) is 116 cm³/mol. The van der Waals surface area contributed by atoms with Crippen LogP contribution in [0, 0.1) is 6.92 Å². The minimum absolute atomic E-state index is 0.0123. The van der Waals surface area contributed by atoms with Gasteiger partial charge in [-0.25, -0.2) is 8.42 Å². The van der Waals surface area contributed by atoms with Crippen LogP contribution in [0.3, 0.4) is 0 Å². The second-order valence-corrected chi connectivity index (χ2v) is 8.76. The van der Waals surface area contributed by atoms with Gasteiger partial charge in [-0.15, -0.1) is 0 Å². The number of hydrogen-bond donors (Lipinski definition) is 2. The maximum Gasteiger partial charge on any atom is 0.321 e. The topological polar surface area (TPSA) is 137 Å². The maximum absolute atomic E-state index is 12.7. The fourth-order valence-electron chi connectivity index (χ4n) is 2.49. The van der Waals surface area contributed by atoms with Gasteiger partial charge in [-0.3, -0.25) is 14.2 Å². The SMILES string of the molecule is COc1cc(NS(=O)(=O)c2ccc(NC(=O)Cn3cc(Br)c(C)n3)cc2)nc(OC)n1. The second-order valence-electron chi connectivity index (χ2n) is 6.22. The second kappa shape index (κ2) is 9.31. The van der Waals surface area contributed by atoms with E-state index in [-0.39, 0.29) is 35.1 Å². The first-order valence-electron chi connectivity index (χ1n) is 8.79. The molecule has 1 aromatic carbocycles. The average molecular weight is 511 g/mol. The van der Waals surface area contributed by atoms with Gasteiger partial charge in [0.2, 0.25) is 11.8 Å². The lowest BCUT2D eigenvalue weighted by Gasteiger charge is -2.10. The molecular formula is C18H19BrN6O5S. The molecule has 164 valence electrons. The number of methoxy groups -OCH3 is 2. The molecule has 13 heteroatoms. The molecule has 0 aliphatic heterocycles. The van der Waals surface area contributed by atoms with Crippen molar-refractivity contribution in [2.45, 2.75) is 18.4 Å². The molecule has 0 spiro atoms. The quantitative estimate of drug-likeness (QED) is 0.470. The molecule has 0 saturated heterocycles. The summed E-state index contributed by atoms with van der Waals surface area (Å²) < 4.78 is 39.9. The van der Waals surface area contributed by atoms with E-state index in [1.54, 1.807) is 6.20 Å². The zero-order chi connectivity index (χ0) is 22.6. The third kappa shape index (κ3) is 5.70. The van der Waals surface area contributed by atoms with Crippen LogP contribution < -0.4 is 19.5 Å². The van der Waals surface area contributed by atoms with E-state index in [0.29, 0.717) is 5.69 Å². The number of ether oxygens (including phenoxy) is 2. The molecule has 0 fully saturated rings. The number of anilines is 2. The highest BCUT2D eigenvalue weighted by Gasteiger charge is 2.17. The normalized spacial score (nSPS) is 11.1. The van der Waals surface area contributed by atoms with Gasteiger partial charge < -0.3 is 14.8 Å². The molecule has 31 heavy (non-hydrogen) atoms. The number of hydrogen-bond acceptors (Lipinski definition) is 8. The van der Waals surface area contributed by atoms with Crippen LogP contribution in [0.5, 0.6) is 11.9 Å². The van der Waals surface area contributed by atoms with E-state index in [2.05, 4.69) is 41.0 Å². The Bertz CT molecular complexity index is 1150. The summed E-state index contributed by atoms with van der Waals surface area (Å²) in [6.07, 6.45) is 1.70. The summed E-state index contributed by atoms with van der Waals surface area (Å²) in [6.45, 7) is 1.84. The van der Waals surface area contributed by atoms with Crippen LogP contribution in [0.15, 0.2) is 45.9 Å². The molecule has 3 aromatic rings. The van der Waals surface area contributed by atoms with Gasteiger partial charge in [0.05, 0.1) is 29.3 Å². The molecule has 1 amide bonds. The van der Waals surface area contributed by atoms with Crippen molar-refractivity contribution in [3.8, 4) is 11.9 Å². The molecule has 11 nitrogen and oxygen atoms in total. The van der Waals surface area contributed by atoms with E-state index >= 15 is 0 Å². The predicted octanol–water partition coefficient (Wildman–Crippen LogP) is 2.20. The molecule has 0 atom stereocenters. The van der Waals surface area contributed by atoms with Gasteiger partial charge in [0.25, 0.3) is 10.0 Å². The van der Waals surface area contributed by atoms with Crippen molar-refractivity contribution in [3.05, 3.63) is 46.7 Å². The number of aromatic nitrogens is 4. The largest absolute Gasteiger partial charge is 0.481 e. The first kappa shape index (κ1) is 22.5. The Morgan fingerprint density at radius 3 is 2.45 bits per heavy atom. The smallest absolute Gasteiger partial charge is 0.321 e. The molecular weight excluding hydrogens is 492 g/mol. The first-order chi connectivity index (χ1) is 14.7. The van der Waals surface area contributed by atoms with Gasteiger partial charge >= 0.3 is 6.01 Å². The van der Waals surface area contributed by atoms with Gasteiger partial charge in [0.1, 0.15) is 6.54 Å². The van der Waals surface area contributed by atoms with Gasteiger partial charge in [-0.2, -0.15) is 15.1 Å². The van der Waals surface area contributed by atoms with E-state index < -0.39 is 10.0 Å². The average Bonchev–Trinajstić information content (AvgIpc) is 3.04. The van der Waals surface area contributed by atoms with E-state index in [1.807, 2.05) is 6.92 Å². The molecule has 0 aliphatic carbocycles. The molecule has 0 radical (unpaired) electrons. The molecule has 2 heterocycles. The van der Waals surface area contributed by atoms with Crippen molar-refractivity contribution in [1.29, 1.82) is 0 Å². The first-order valence-corrected chi connectivity index (χ1v) is 11.1. The summed E-state index contributed by atoms with van der Waals surface area (Å²) in [6, 6.07) is 6.97. The van der Waals surface area contributed by atoms with Gasteiger partial charge in [-0.05, 0) is 47.1 Å². The number of halogens is 1. The zero-order valence-electron chi connectivity index (χ0n) is 16.8. The van der Waals surface area contributed by atoms with Crippen LogP contribution >= 0.6 is 15.9 Å². The highest BCUT2D eigenvalue weighted by Crippen LogP contribution is 2.21. The van der Waals surface area contributed by atoms with Crippen molar-refractivity contribution in [1.82, 2.24) is 19.7 Å². The van der Waals surface area contributed by atoms with E-state index in [9.17, 15) is 13.2 Å². The lowest BCUT2D eigenvalue weighted by Crippen LogP contribution is -2.19. The molecule has 2 aromatic heterocycles. The van der Waals surface area contributed by atoms with Crippen LogP contribution in [0.2, 0.25) is 0 Å². The minimum Gasteiger partial charge on any atom is -0.481 e. The van der Waals surface area contributed by atoms with Crippen molar-refractivity contribution in [3.63, 3.8) is 0 Å². The fraction of sp³-hybridized carbons (Fsp3) is 0.222. The van der Waals surface area contributed by atoms with Crippen LogP contribution in [0.25, 0.3) is 0 Å². The highest BCUT2D eigenvalue weighted by molar-refractivity contribution is 9.10. The summed E-state index contributed by atoms with van der Waals surface area (Å²) in [7, 11) is -1.20. The fourth-order valence-corrected chi connectivity index (χ4v) is 3.80. The number of amides is 1. The number of nitrogens with one attached hydrogen (secondary N) is 2. The van der Waals surface area contributed by atoms with Crippen LogP contribution in [0.4, 0.5) is 11.5 Å². The van der Waals surface area contributed by atoms with Crippen LogP contribution in [0.1, 0.15) is 5.69 Å². The summed E-state index contributed by atoms with van der Waals surface area (Å²) in [5.41, 5.74) is 1.21. The van der Waals surface area contributed by atoms with Gasteiger partial charge in [0, 0.05) is 18.0 Å². The summed E-state index contributed by atoms with van der Waals surface area (Å²) in [4.78, 5) is 20.0. The van der Waals surface area contributed by atoms with Crippen molar-refractivity contribution in [2.24, 2.45) is 0 Å². The standard InChI is InChI=1S/C18H19BrN6O5S/c1-11-14(19)9-25(23-11)10-16(26)20-12-4-6-13(7-5-12)31(27,28)24-15-8-17(29-2)22-18(21-15)30-3/h4-9H,10H2,1-3H3,(H,20,26)(H,21,22,24). The summed E-state index contributed by atoms with van der Waals surface area (Å²) >= 11 is 3.34. The number of nitrogens with zero attached hydrogens (tertiary/aromatic N) is 4. The summed E-state index contributed by atoms with van der Waals surface area (Å²) in [5, 5.41) is 6.89. The Balaban J connectivity index is 1.69. The number of rotatable bonds is 8. The molecule has 0 bridgehead atoms. The van der Waals surface area contributed by atoms with Crippen molar-refractivity contribution >= 4 is 43.4 Å². The Labute approximate surface area is 187 Å². The molecule has 0 saturated carbocycles. The molecule has 2 N–H and O–H groups in total. The molecule has 3 rings (SSSR count). The number of sulfonamides is 1. The number of carbonyl (C=O) groups is 1. The van der Waals surface area contributed by atoms with E-state index in [0.717, 1.165) is 10.2 Å². The summed E-state index contributed by atoms with van der Waals surface area (Å²) in [5.74, 6) is -0.173. The highest BCUT2D eigenvalue weighted by atomic mass is 79.9. The third-order valence-corrected chi connectivity index (χ3v) is 6.10. The molecule has 0 aliphatic rings. The zero-order valence-corrected chi connectivity index (χ0v) is 19.2. The number of aryl methyl sites for hydroxylation is 1. The van der Waals surface area contributed by atoms with Crippen molar-refractivity contribution in [2.75, 3.05) is 24.3 Å². The Morgan fingerprint density at radius 2 is 1.87 bits per heavy atom. The number of carbonyl (C=O) groups excluding carboxylic acids is 1. The van der Waals surface area contributed by atoms with Gasteiger partial charge in [0.15, 0.2) is 5.82 Å². The Kier molecular flexibility index (Phi) is 6.75. The lowest BCUT2D eigenvalue weighted by atomic mass is 10.3. The van der Waals surface area contributed by atoms with E-state index in [1.165, 1.54) is 49.2 Å². The van der Waals surface area contributed by atoms with Crippen LogP contribution in [-0.2, 0) is 21.4 Å². The van der Waals surface area contributed by atoms with E-state index in [4.69, 9.17) is 9.47 Å².